The van der Waals surface area contributed by atoms with Crippen molar-refractivity contribution in [1.29, 1.82) is 0 Å². The highest BCUT2D eigenvalue weighted by Gasteiger charge is 2.55. The molecule has 3 aliphatic rings. The normalized spacial score (nSPS) is 46.5. The lowest BCUT2D eigenvalue weighted by Crippen LogP contribution is -2.41. The van der Waals surface area contributed by atoms with E-state index >= 15 is 0 Å². The summed E-state index contributed by atoms with van der Waals surface area (Å²) in [7, 11) is 2.09. The van der Waals surface area contributed by atoms with Gasteiger partial charge in [-0.15, -0.1) is 0 Å². The van der Waals surface area contributed by atoms with Crippen LogP contribution in [0.4, 0.5) is 0 Å². The summed E-state index contributed by atoms with van der Waals surface area (Å²) in [4.78, 5) is 2.23. The van der Waals surface area contributed by atoms with Gasteiger partial charge in [0.2, 0.25) is 0 Å². The second-order valence-electron chi connectivity index (χ2n) is 6.50. The molecule has 3 aliphatic heterocycles. The van der Waals surface area contributed by atoms with Crippen molar-refractivity contribution in [2.75, 3.05) is 20.1 Å². The van der Waals surface area contributed by atoms with Gasteiger partial charge < -0.3 is 23.8 Å². The molecule has 18 heavy (non-hydrogen) atoms. The Morgan fingerprint density at radius 3 is 1.56 bits per heavy atom. The molecule has 0 bridgehead atoms. The summed E-state index contributed by atoms with van der Waals surface area (Å²) >= 11 is 0. The molecular formula is C13H23NO4. The van der Waals surface area contributed by atoms with Crippen LogP contribution in [0.15, 0.2) is 0 Å². The van der Waals surface area contributed by atoms with Crippen molar-refractivity contribution in [2.24, 2.45) is 0 Å². The zero-order valence-electron chi connectivity index (χ0n) is 11.8. The van der Waals surface area contributed by atoms with Crippen LogP contribution < -0.4 is 0 Å². The average molecular weight is 257 g/mol. The average Bonchev–Trinajstić information content (AvgIpc) is 2.60. The van der Waals surface area contributed by atoms with E-state index in [4.69, 9.17) is 18.9 Å². The topological polar surface area (TPSA) is 40.2 Å². The van der Waals surface area contributed by atoms with Crippen molar-refractivity contribution in [3.05, 3.63) is 0 Å². The summed E-state index contributed by atoms with van der Waals surface area (Å²) in [6.07, 6.45) is 0.0171. The molecule has 104 valence electrons. The lowest BCUT2D eigenvalue weighted by atomic mass is 10.1. The van der Waals surface area contributed by atoms with Crippen molar-refractivity contribution < 1.29 is 18.9 Å². The zero-order valence-corrected chi connectivity index (χ0v) is 11.8. The number of fused-ring (bicyclic) bond motifs is 3. The van der Waals surface area contributed by atoms with Crippen molar-refractivity contribution in [3.8, 4) is 0 Å². The van der Waals surface area contributed by atoms with Gasteiger partial charge in [0.15, 0.2) is 11.6 Å². The van der Waals surface area contributed by atoms with Gasteiger partial charge in [0.05, 0.1) is 0 Å². The van der Waals surface area contributed by atoms with Crippen molar-refractivity contribution in [1.82, 2.24) is 4.90 Å². The molecule has 3 fully saturated rings. The molecule has 0 aromatic heterocycles. The fraction of sp³-hybridized carbons (Fsp3) is 1.00. The van der Waals surface area contributed by atoms with E-state index in [2.05, 4.69) is 11.9 Å². The van der Waals surface area contributed by atoms with Crippen LogP contribution in [-0.4, -0.2) is 61.0 Å². The Morgan fingerprint density at radius 1 is 0.778 bits per heavy atom. The molecule has 0 radical (unpaired) electrons. The monoisotopic (exact) mass is 257 g/mol. The van der Waals surface area contributed by atoms with Gasteiger partial charge in [0.1, 0.15) is 24.4 Å². The Balaban J connectivity index is 1.87. The molecule has 3 rings (SSSR count). The smallest absolute Gasteiger partial charge is 0.163 e. The SMILES string of the molecule is CN1C[C@H]2OC(C)(C)O[C@H]2[C@@H]2OC(C)(C)O[C@@H]2C1. The second-order valence-corrected chi connectivity index (χ2v) is 6.50. The van der Waals surface area contributed by atoms with E-state index in [1.807, 2.05) is 27.7 Å². The fourth-order valence-corrected chi connectivity index (χ4v) is 3.25. The molecule has 0 aromatic carbocycles. The lowest BCUT2D eigenvalue weighted by molar-refractivity contribution is -0.175. The van der Waals surface area contributed by atoms with Crippen LogP contribution in [-0.2, 0) is 18.9 Å². The highest BCUT2D eigenvalue weighted by atomic mass is 16.8. The van der Waals surface area contributed by atoms with E-state index in [1.165, 1.54) is 0 Å². The molecule has 5 heteroatoms. The maximum Gasteiger partial charge on any atom is 0.163 e. The van der Waals surface area contributed by atoms with Gasteiger partial charge in [-0.25, -0.2) is 0 Å². The number of hydrogen-bond donors (Lipinski definition) is 0. The van der Waals surface area contributed by atoms with Crippen LogP contribution >= 0.6 is 0 Å². The number of nitrogens with zero attached hydrogens (tertiary/aromatic N) is 1. The molecule has 0 aliphatic carbocycles. The molecule has 0 aromatic rings. The standard InChI is InChI=1S/C13H23NO4/c1-12(2)15-8-6-14(5)7-9-11(10(8)17-12)18-13(3,4)16-9/h8-11H,6-7H2,1-5H3/t8-,9-,10-,11-/m1/s1. The Labute approximate surface area is 108 Å². The van der Waals surface area contributed by atoms with Crippen LogP contribution in [0.25, 0.3) is 0 Å². The largest absolute Gasteiger partial charge is 0.343 e. The number of ether oxygens (including phenoxy) is 4. The van der Waals surface area contributed by atoms with Gasteiger partial charge in [-0.3, -0.25) is 0 Å². The third-order valence-corrected chi connectivity index (χ3v) is 3.75. The van der Waals surface area contributed by atoms with Gasteiger partial charge in [-0.2, -0.15) is 0 Å². The van der Waals surface area contributed by atoms with Crippen molar-refractivity contribution in [2.45, 2.75) is 63.7 Å². The molecule has 5 nitrogen and oxygen atoms in total. The number of likely N-dealkylation sites (tertiary alicyclic amines) is 1. The maximum atomic E-state index is 6.03. The van der Waals surface area contributed by atoms with Gasteiger partial charge >= 0.3 is 0 Å². The lowest BCUT2D eigenvalue weighted by Gasteiger charge is -2.23. The van der Waals surface area contributed by atoms with Gasteiger partial charge in [0, 0.05) is 13.1 Å². The molecule has 0 saturated carbocycles. The summed E-state index contributed by atoms with van der Waals surface area (Å²) in [5, 5.41) is 0. The van der Waals surface area contributed by atoms with E-state index in [9.17, 15) is 0 Å². The summed E-state index contributed by atoms with van der Waals surface area (Å²) < 4.78 is 24.0. The predicted octanol–water partition coefficient (Wildman–Crippen LogP) is 0.972. The quantitative estimate of drug-likeness (QED) is 0.647. The van der Waals surface area contributed by atoms with E-state index < -0.39 is 11.6 Å². The highest BCUT2D eigenvalue weighted by Crippen LogP contribution is 2.40. The Hall–Kier alpha value is -0.200. The second kappa shape index (κ2) is 3.90. The Morgan fingerprint density at radius 2 is 1.17 bits per heavy atom. The van der Waals surface area contributed by atoms with Crippen LogP contribution in [0.1, 0.15) is 27.7 Å². The minimum absolute atomic E-state index is 0.0447. The fourth-order valence-electron chi connectivity index (χ4n) is 3.25. The van der Waals surface area contributed by atoms with Crippen LogP contribution in [0, 0.1) is 0 Å². The molecule has 0 amide bonds. The third kappa shape index (κ3) is 2.18. The number of likely N-dealkylation sites (N-methyl/N-ethyl adjacent to an activating group) is 1. The predicted molar refractivity (Wildman–Crippen MR) is 65.1 cm³/mol. The molecular weight excluding hydrogens is 234 g/mol. The maximum absolute atomic E-state index is 6.03. The number of rotatable bonds is 0. The Kier molecular flexibility index (Phi) is 2.78. The van der Waals surface area contributed by atoms with Gasteiger partial charge in [-0.1, -0.05) is 0 Å². The van der Waals surface area contributed by atoms with E-state index in [-0.39, 0.29) is 24.4 Å². The first kappa shape index (κ1) is 12.8. The molecule has 0 spiro atoms. The van der Waals surface area contributed by atoms with E-state index in [0.29, 0.717) is 0 Å². The van der Waals surface area contributed by atoms with Gasteiger partial charge in [-0.05, 0) is 34.7 Å². The summed E-state index contributed by atoms with van der Waals surface area (Å²) in [6, 6.07) is 0. The zero-order chi connectivity index (χ0) is 13.1. The number of hydrogen-bond acceptors (Lipinski definition) is 5. The van der Waals surface area contributed by atoms with Crippen LogP contribution in [0.5, 0.6) is 0 Å². The van der Waals surface area contributed by atoms with E-state index in [0.717, 1.165) is 13.1 Å². The molecule has 4 atom stereocenters. The van der Waals surface area contributed by atoms with Crippen LogP contribution in [0.3, 0.4) is 0 Å². The van der Waals surface area contributed by atoms with Crippen LogP contribution in [0.2, 0.25) is 0 Å². The molecule has 3 heterocycles. The van der Waals surface area contributed by atoms with Crippen molar-refractivity contribution in [3.63, 3.8) is 0 Å². The van der Waals surface area contributed by atoms with Crippen molar-refractivity contribution >= 4 is 0 Å². The first-order valence-corrected chi connectivity index (χ1v) is 6.66. The Bertz CT molecular complexity index is 312. The minimum Gasteiger partial charge on any atom is -0.343 e. The third-order valence-electron chi connectivity index (χ3n) is 3.75. The first-order chi connectivity index (χ1) is 8.26. The molecule has 3 saturated heterocycles. The van der Waals surface area contributed by atoms with E-state index in [1.54, 1.807) is 0 Å². The summed E-state index contributed by atoms with van der Waals surface area (Å²) in [5.41, 5.74) is 0. The molecule has 0 N–H and O–H groups in total. The van der Waals surface area contributed by atoms with Gasteiger partial charge in [0.25, 0.3) is 0 Å². The first-order valence-electron chi connectivity index (χ1n) is 6.66. The highest BCUT2D eigenvalue weighted by molar-refractivity contribution is 4.99. The minimum atomic E-state index is -0.534. The summed E-state index contributed by atoms with van der Waals surface area (Å²) in [5.74, 6) is -1.07. The summed E-state index contributed by atoms with van der Waals surface area (Å²) in [6.45, 7) is 9.53. The molecule has 0 unspecified atom stereocenters.